The Morgan fingerprint density at radius 3 is 2.41 bits per heavy atom. The number of sulfone groups is 1. The van der Waals surface area contributed by atoms with Gasteiger partial charge in [-0.05, 0) is 19.8 Å². The zero-order valence-corrected chi connectivity index (χ0v) is 12.3. The van der Waals surface area contributed by atoms with E-state index in [0.29, 0.717) is 12.6 Å². The molecule has 0 saturated carbocycles. The Morgan fingerprint density at radius 2 is 1.94 bits per heavy atom. The number of rotatable bonds is 5. The zero-order valence-electron chi connectivity index (χ0n) is 11.5. The molecule has 1 atom stereocenters. The van der Waals surface area contributed by atoms with Gasteiger partial charge >= 0.3 is 0 Å². The number of hydrogen-bond acceptors (Lipinski definition) is 4. The SMILES string of the molecule is CCC1(CC)CN(CCS(C)(=O)=O)C(C)CN1. The summed E-state index contributed by atoms with van der Waals surface area (Å²) >= 11 is 0. The lowest BCUT2D eigenvalue weighted by molar-refractivity contribution is 0.0864. The molecular formula is C12H26N2O2S. The van der Waals surface area contributed by atoms with Gasteiger partial charge in [-0.15, -0.1) is 0 Å². The first-order chi connectivity index (χ1) is 7.82. The van der Waals surface area contributed by atoms with Gasteiger partial charge in [-0.3, -0.25) is 4.90 Å². The molecule has 0 aromatic rings. The lowest BCUT2D eigenvalue weighted by Gasteiger charge is -2.46. The maximum absolute atomic E-state index is 11.2. The Kier molecular flexibility index (Phi) is 4.98. The van der Waals surface area contributed by atoms with Crippen molar-refractivity contribution in [3.63, 3.8) is 0 Å². The van der Waals surface area contributed by atoms with E-state index in [9.17, 15) is 8.42 Å². The lowest BCUT2D eigenvalue weighted by Crippen LogP contribution is -2.63. The molecule has 4 nitrogen and oxygen atoms in total. The Bertz CT molecular complexity index is 336. The molecule has 1 aliphatic heterocycles. The van der Waals surface area contributed by atoms with Crippen LogP contribution in [0, 0.1) is 0 Å². The molecule has 0 aromatic carbocycles. The van der Waals surface area contributed by atoms with Crippen LogP contribution in [0.25, 0.3) is 0 Å². The van der Waals surface area contributed by atoms with Gasteiger partial charge < -0.3 is 5.32 Å². The smallest absolute Gasteiger partial charge is 0.148 e. The van der Waals surface area contributed by atoms with Gasteiger partial charge in [0.05, 0.1) is 5.75 Å². The number of nitrogens with zero attached hydrogens (tertiary/aromatic N) is 1. The highest BCUT2D eigenvalue weighted by Crippen LogP contribution is 2.22. The molecule has 17 heavy (non-hydrogen) atoms. The van der Waals surface area contributed by atoms with Crippen LogP contribution in [0.4, 0.5) is 0 Å². The summed E-state index contributed by atoms with van der Waals surface area (Å²) < 4.78 is 22.5. The maximum Gasteiger partial charge on any atom is 0.148 e. The predicted molar refractivity (Wildman–Crippen MR) is 72.1 cm³/mol. The molecule has 1 N–H and O–H groups in total. The van der Waals surface area contributed by atoms with E-state index in [1.165, 1.54) is 6.26 Å². The Balaban J connectivity index is 2.63. The molecule has 5 heteroatoms. The van der Waals surface area contributed by atoms with Crippen LogP contribution in [0.1, 0.15) is 33.6 Å². The van der Waals surface area contributed by atoms with Gasteiger partial charge in [-0.25, -0.2) is 8.42 Å². The van der Waals surface area contributed by atoms with Crippen LogP contribution in [0.15, 0.2) is 0 Å². The summed E-state index contributed by atoms with van der Waals surface area (Å²) in [5.41, 5.74) is 0.171. The largest absolute Gasteiger partial charge is 0.308 e. The quantitative estimate of drug-likeness (QED) is 0.799. The normalized spacial score (nSPS) is 26.0. The highest BCUT2D eigenvalue weighted by atomic mass is 32.2. The maximum atomic E-state index is 11.2. The molecule has 1 aliphatic rings. The van der Waals surface area contributed by atoms with Crippen molar-refractivity contribution in [2.75, 3.05) is 31.6 Å². The van der Waals surface area contributed by atoms with E-state index >= 15 is 0 Å². The fourth-order valence-corrected chi connectivity index (χ4v) is 2.97. The van der Waals surface area contributed by atoms with E-state index in [2.05, 4.69) is 31.0 Å². The average Bonchev–Trinajstić information content (AvgIpc) is 2.27. The summed E-state index contributed by atoms with van der Waals surface area (Å²) in [7, 11) is -2.86. The van der Waals surface area contributed by atoms with Crippen molar-refractivity contribution in [2.45, 2.75) is 45.2 Å². The zero-order chi connectivity index (χ0) is 13.1. The molecule has 0 amide bonds. The van der Waals surface area contributed by atoms with Gasteiger partial charge in [-0.2, -0.15) is 0 Å². The van der Waals surface area contributed by atoms with E-state index in [1.54, 1.807) is 0 Å². The van der Waals surface area contributed by atoms with Crippen molar-refractivity contribution in [2.24, 2.45) is 0 Å². The summed E-state index contributed by atoms with van der Waals surface area (Å²) in [5.74, 6) is 0.265. The predicted octanol–water partition coefficient (Wildman–Crippen LogP) is 0.884. The third-order valence-electron chi connectivity index (χ3n) is 4.00. The highest BCUT2D eigenvalue weighted by Gasteiger charge is 2.34. The van der Waals surface area contributed by atoms with Crippen LogP contribution in [0.5, 0.6) is 0 Å². The topological polar surface area (TPSA) is 49.4 Å². The van der Waals surface area contributed by atoms with Crippen molar-refractivity contribution < 1.29 is 8.42 Å². The molecule has 1 heterocycles. The lowest BCUT2D eigenvalue weighted by atomic mass is 9.89. The van der Waals surface area contributed by atoms with Gasteiger partial charge in [-0.1, -0.05) is 13.8 Å². The minimum Gasteiger partial charge on any atom is -0.308 e. The van der Waals surface area contributed by atoms with E-state index < -0.39 is 9.84 Å². The number of hydrogen-bond donors (Lipinski definition) is 1. The minimum atomic E-state index is -2.86. The van der Waals surface area contributed by atoms with Gasteiger partial charge in [0.25, 0.3) is 0 Å². The molecule has 102 valence electrons. The molecule has 0 radical (unpaired) electrons. The Labute approximate surface area is 106 Å². The van der Waals surface area contributed by atoms with Crippen LogP contribution in [0.2, 0.25) is 0 Å². The average molecular weight is 262 g/mol. The third-order valence-corrected chi connectivity index (χ3v) is 4.93. The standard InChI is InChI=1S/C12H26N2O2S/c1-5-12(6-2)10-14(11(3)9-13-12)7-8-17(4,15)16/h11,13H,5-10H2,1-4H3. The van der Waals surface area contributed by atoms with Crippen LogP contribution < -0.4 is 5.32 Å². The van der Waals surface area contributed by atoms with Crippen LogP contribution in [0.3, 0.4) is 0 Å². The van der Waals surface area contributed by atoms with Crippen LogP contribution >= 0.6 is 0 Å². The van der Waals surface area contributed by atoms with E-state index in [4.69, 9.17) is 0 Å². The van der Waals surface area contributed by atoms with Crippen molar-refractivity contribution in [1.29, 1.82) is 0 Å². The summed E-state index contributed by atoms with van der Waals surface area (Å²) in [6.45, 7) is 9.11. The summed E-state index contributed by atoms with van der Waals surface area (Å²) in [6.07, 6.45) is 3.49. The fourth-order valence-electron chi connectivity index (χ4n) is 2.40. The number of nitrogens with one attached hydrogen (secondary N) is 1. The summed E-state index contributed by atoms with van der Waals surface area (Å²) in [6, 6.07) is 0.419. The molecule has 1 saturated heterocycles. The van der Waals surface area contributed by atoms with Crippen molar-refractivity contribution >= 4 is 9.84 Å². The first-order valence-corrected chi connectivity index (χ1v) is 8.55. The molecule has 1 fully saturated rings. The third kappa shape index (κ3) is 4.23. The monoisotopic (exact) mass is 262 g/mol. The fraction of sp³-hybridized carbons (Fsp3) is 1.00. The van der Waals surface area contributed by atoms with Gasteiger partial charge in [0, 0.05) is 37.5 Å². The first kappa shape index (κ1) is 14.9. The second-order valence-electron chi connectivity index (χ2n) is 5.32. The molecule has 1 rings (SSSR count). The van der Waals surface area contributed by atoms with Crippen molar-refractivity contribution in [1.82, 2.24) is 10.2 Å². The number of piperazine rings is 1. The second-order valence-corrected chi connectivity index (χ2v) is 7.58. The van der Waals surface area contributed by atoms with Crippen LogP contribution in [-0.4, -0.2) is 56.5 Å². The van der Waals surface area contributed by atoms with Gasteiger partial charge in [0.15, 0.2) is 0 Å². The molecule has 0 bridgehead atoms. The van der Waals surface area contributed by atoms with Gasteiger partial charge in [0.1, 0.15) is 9.84 Å². The van der Waals surface area contributed by atoms with Crippen molar-refractivity contribution in [3.05, 3.63) is 0 Å². The first-order valence-electron chi connectivity index (χ1n) is 6.48. The molecule has 0 aromatic heterocycles. The highest BCUT2D eigenvalue weighted by molar-refractivity contribution is 7.90. The van der Waals surface area contributed by atoms with Gasteiger partial charge in [0.2, 0.25) is 0 Å². The molecule has 0 aliphatic carbocycles. The van der Waals surface area contributed by atoms with E-state index in [1.807, 2.05) is 0 Å². The van der Waals surface area contributed by atoms with Crippen molar-refractivity contribution in [3.8, 4) is 0 Å². The van der Waals surface area contributed by atoms with E-state index in [-0.39, 0.29) is 11.3 Å². The minimum absolute atomic E-state index is 0.171. The van der Waals surface area contributed by atoms with Crippen LogP contribution in [-0.2, 0) is 9.84 Å². The summed E-state index contributed by atoms with van der Waals surface area (Å²) in [4.78, 5) is 2.31. The molecule has 1 unspecified atom stereocenters. The summed E-state index contributed by atoms with van der Waals surface area (Å²) in [5, 5.41) is 3.62. The molecule has 0 spiro atoms. The molecular weight excluding hydrogens is 236 g/mol. The van der Waals surface area contributed by atoms with E-state index in [0.717, 1.165) is 25.9 Å². The Morgan fingerprint density at radius 1 is 1.35 bits per heavy atom. The second kappa shape index (κ2) is 5.67. The Hall–Kier alpha value is -0.130.